The van der Waals surface area contributed by atoms with Gasteiger partial charge in [-0.1, -0.05) is 0 Å². The van der Waals surface area contributed by atoms with E-state index in [4.69, 9.17) is 0 Å². The van der Waals surface area contributed by atoms with Crippen molar-refractivity contribution in [2.45, 2.75) is 6.18 Å². The fraction of sp³-hybridized carbons (Fsp3) is 0.125. The Kier molecular flexibility index (Phi) is 2.14. The maximum atomic E-state index is 12.2. The summed E-state index contributed by atoms with van der Waals surface area (Å²) in [4.78, 5) is 13.3. The number of H-pyrrole nitrogens is 1. The van der Waals surface area contributed by atoms with E-state index in [2.05, 4.69) is 19.9 Å². The van der Waals surface area contributed by atoms with Crippen molar-refractivity contribution >= 4 is 0 Å². The van der Waals surface area contributed by atoms with Crippen molar-refractivity contribution in [1.82, 2.24) is 19.9 Å². The average molecular weight is 214 g/mol. The van der Waals surface area contributed by atoms with Crippen molar-refractivity contribution < 1.29 is 13.2 Å². The molecule has 0 saturated carbocycles. The van der Waals surface area contributed by atoms with Crippen LogP contribution in [0.3, 0.4) is 0 Å². The lowest BCUT2D eigenvalue weighted by Gasteiger charge is -2.00. The van der Waals surface area contributed by atoms with E-state index in [9.17, 15) is 13.2 Å². The summed E-state index contributed by atoms with van der Waals surface area (Å²) in [6.07, 6.45) is 0.443. The Balaban J connectivity index is 2.37. The van der Waals surface area contributed by atoms with Crippen molar-refractivity contribution in [1.29, 1.82) is 0 Å². The Hall–Kier alpha value is -1.92. The highest BCUT2D eigenvalue weighted by Crippen LogP contribution is 2.28. The zero-order valence-electron chi connectivity index (χ0n) is 7.28. The van der Waals surface area contributed by atoms with E-state index < -0.39 is 11.9 Å². The maximum Gasteiger partial charge on any atom is 0.432 e. The smallest absolute Gasteiger partial charge is 0.333 e. The van der Waals surface area contributed by atoms with Crippen molar-refractivity contribution in [2.75, 3.05) is 0 Å². The Morgan fingerprint density at radius 3 is 2.40 bits per heavy atom. The van der Waals surface area contributed by atoms with Crippen LogP contribution in [0.4, 0.5) is 13.2 Å². The van der Waals surface area contributed by atoms with Crippen LogP contribution in [-0.4, -0.2) is 19.9 Å². The molecule has 2 rings (SSSR count). The molecule has 0 aliphatic carbocycles. The molecule has 0 amide bonds. The first-order chi connectivity index (χ1) is 7.07. The van der Waals surface area contributed by atoms with Gasteiger partial charge in [-0.15, -0.1) is 0 Å². The lowest BCUT2D eigenvalue weighted by atomic mass is 10.4. The summed E-state index contributed by atoms with van der Waals surface area (Å²) in [6, 6.07) is 0. The van der Waals surface area contributed by atoms with Crippen molar-refractivity contribution in [3.8, 4) is 11.5 Å². The van der Waals surface area contributed by atoms with Crippen LogP contribution in [0.15, 0.2) is 24.8 Å². The third kappa shape index (κ3) is 1.95. The molecule has 0 radical (unpaired) electrons. The van der Waals surface area contributed by atoms with Crippen molar-refractivity contribution in [2.24, 2.45) is 0 Å². The molecule has 7 heteroatoms. The SMILES string of the molecule is FC(F)(F)c1cnc(-c2cnccn2)[nH]1. The van der Waals surface area contributed by atoms with Crippen LogP contribution in [-0.2, 0) is 6.18 Å². The predicted octanol–water partition coefficient (Wildman–Crippen LogP) is 1.89. The van der Waals surface area contributed by atoms with Gasteiger partial charge in [0, 0.05) is 12.4 Å². The normalized spacial score (nSPS) is 11.7. The number of alkyl halides is 3. The average Bonchev–Trinajstić information content (AvgIpc) is 2.67. The number of hydrogen-bond donors (Lipinski definition) is 1. The van der Waals surface area contributed by atoms with E-state index in [0.29, 0.717) is 0 Å². The van der Waals surface area contributed by atoms with Crippen LogP contribution >= 0.6 is 0 Å². The summed E-state index contributed by atoms with van der Waals surface area (Å²) >= 11 is 0. The Labute approximate surface area is 82.2 Å². The fourth-order valence-corrected chi connectivity index (χ4v) is 1.02. The molecule has 0 atom stereocenters. The topological polar surface area (TPSA) is 54.5 Å². The van der Waals surface area contributed by atoms with Gasteiger partial charge in [0.25, 0.3) is 0 Å². The third-order valence-corrected chi connectivity index (χ3v) is 1.69. The minimum Gasteiger partial charge on any atom is -0.333 e. The summed E-state index contributed by atoms with van der Waals surface area (Å²) < 4.78 is 36.6. The van der Waals surface area contributed by atoms with Gasteiger partial charge in [0.15, 0.2) is 5.82 Å². The van der Waals surface area contributed by atoms with Gasteiger partial charge in [0.05, 0.1) is 12.4 Å². The van der Waals surface area contributed by atoms with Gasteiger partial charge in [-0.2, -0.15) is 13.2 Å². The standard InChI is InChI=1S/C8H5F3N4/c9-8(10,11)6-4-14-7(15-6)5-3-12-1-2-13-5/h1-4H,(H,14,15). The van der Waals surface area contributed by atoms with Crippen LogP contribution in [0, 0.1) is 0 Å². The summed E-state index contributed by atoms with van der Waals surface area (Å²) in [7, 11) is 0. The molecule has 2 heterocycles. The number of rotatable bonds is 1. The summed E-state index contributed by atoms with van der Waals surface area (Å²) in [5, 5.41) is 0. The molecule has 0 spiro atoms. The number of nitrogens with zero attached hydrogens (tertiary/aromatic N) is 3. The van der Waals surface area contributed by atoms with Crippen molar-refractivity contribution in [3.63, 3.8) is 0 Å². The molecule has 2 aromatic heterocycles. The van der Waals surface area contributed by atoms with E-state index in [0.717, 1.165) is 6.20 Å². The summed E-state index contributed by atoms with van der Waals surface area (Å²) in [5.74, 6) is 0.0513. The molecule has 0 fully saturated rings. The van der Waals surface area contributed by atoms with Crippen LogP contribution in [0.5, 0.6) is 0 Å². The molecule has 0 aromatic carbocycles. The number of nitrogens with one attached hydrogen (secondary N) is 1. The van der Waals surface area contributed by atoms with E-state index in [-0.39, 0.29) is 11.5 Å². The van der Waals surface area contributed by atoms with Gasteiger partial charge < -0.3 is 4.98 Å². The Bertz CT molecular complexity index is 448. The molecule has 4 nitrogen and oxygen atoms in total. The maximum absolute atomic E-state index is 12.2. The summed E-state index contributed by atoms with van der Waals surface area (Å²) in [6.45, 7) is 0. The molecule has 2 aromatic rings. The molecular weight excluding hydrogens is 209 g/mol. The molecule has 15 heavy (non-hydrogen) atoms. The number of hydrogen-bond acceptors (Lipinski definition) is 3. The minimum absolute atomic E-state index is 0.0513. The Morgan fingerprint density at radius 1 is 1.07 bits per heavy atom. The molecule has 0 saturated heterocycles. The van der Waals surface area contributed by atoms with Crippen LogP contribution in [0.1, 0.15) is 5.69 Å². The molecule has 1 N–H and O–H groups in total. The van der Waals surface area contributed by atoms with Gasteiger partial charge in [-0.25, -0.2) is 9.97 Å². The summed E-state index contributed by atoms with van der Waals surface area (Å²) in [5.41, 5.74) is -0.629. The lowest BCUT2D eigenvalue weighted by molar-refractivity contribution is -0.140. The molecule has 0 unspecified atom stereocenters. The highest BCUT2D eigenvalue weighted by Gasteiger charge is 2.33. The van der Waals surface area contributed by atoms with E-state index in [1.54, 1.807) is 0 Å². The molecule has 78 valence electrons. The second kappa shape index (κ2) is 3.34. The fourth-order valence-electron chi connectivity index (χ4n) is 1.02. The highest BCUT2D eigenvalue weighted by molar-refractivity contribution is 5.47. The van der Waals surface area contributed by atoms with Crippen LogP contribution in [0.25, 0.3) is 11.5 Å². The van der Waals surface area contributed by atoms with Crippen LogP contribution < -0.4 is 0 Å². The molecule has 0 aliphatic rings. The molecular formula is C8H5F3N4. The first-order valence-electron chi connectivity index (χ1n) is 3.96. The quantitative estimate of drug-likeness (QED) is 0.788. The van der Waals surface area contributed by atoms with Gasteiger partial charge in [0.1, 0.15) is 11.4 Å². The van der Waals surface area contributed by atoms with Crippen LogP contribution in [0.2, 0.25) is 0 Å². The van der Waals surface area contributed by atoms with Gasteiger partial charge in [-0.3, -0.25) is 4.98 Å². The monoisotopic (exact) mass is 214 g/mol. The minimum atomic E-state index is -4.42. The Morgan fingerprint density at radius 2 is 1.87 bits per heavy atom. The number of aromatic nitrogens is 4. The molecule has 0 bridgehead atoms. The zero-order valence-corrected chi connectivity index (χ0v) is 7.28. The zero-order chi connectivity index (χ0) is 10.9. The number of aromatic amines is 1. The van der Waals surface area contributed by atoms with Crippen molar-refractivity contribution in [3.05, 3.63) is 30.5 Å². The number of imidazole rings is 1. The van der Waals surface area contributed by atoms with E-state index in [1.165, 1.54) is 18.6 Å². The van der Waals surface area contributed by atoms with E-state index >= 15 is 0 Å². The van der Waals surface area contributed by atoms with Gasteiger partial charge in [-0.05, 0) is 0 Å². The first kappa shape index (κ1) is 9.63. The largest absolute Gasteiger partial charge is 0.432 e. The molecule has 0 aliphatic heterocycles. The highest BCUT2D eigenvalue weighted by atomic mass is 19.4. The lowest BCUT2D eigenvalue weighted by Crippen LogP contribution is -2.04. The second-order valence-corrected chi connectivity index (χ2v) is 2.73. The van der Waals surface area contributed by atoms with Gasteiger partial charge >= 0.3 is 6.18 Å². The number of halogens is 3. The second-order valence-electron chi connectivity index (χ2n) is 2.73. The third-order valence-electron chi connectivity index (χ3n) is 1.69. The predicted molar refractivity (Wildman–Crippen MR) is 44.6 cm³/mol. The van der Waals surface area contributed by atoms with E-state index in [1.807, 2.05) is 0 Å². The van der Waals surface area contributed by atoms with Gasteiger partial charge in [0.2, 0.25) is 0 Å². The first-order valence-corrected chi connectivity index (χ1v) is 3.96.